The molecule has 0 atom stereocenters. The second-order valence-corrected chi connectivity index (χ2v) is 6.13. The van der Waals surface area contributed by atoms with E-state index in [1.54, 1.807) is 0 Å². The number of aromatic nitrogens is 2. The minimum Gasteiger partial charge on any atom is -0.384 e. The molecule has 1 aliphatic heterocycles. The Kier molecular flexibility index (Phi) is 4.15. The maximum Gasteiger partial charge on any atom is 0.271 e. The summed E-state index contributed by atoms with van der Waals surface area (Å²) >= 11 is 0. The van der Waals surface area contributed by atoms with Crippen LogP contribution in [0.1, 0.15) is 16.1 Å². The molecule has 2 aromatic carbocycles. The van der Waals surface area contributed by atoms with E-state index in [0.29, 0.717) is 5.69 Å². The number of fused-ring (bicyclic) bond motifs is 1. The Morgan fingerprint density at radius 2 is 1.89 bits per heavy atom. The molecular formula is C19H15F2N5O. The number of nitrogens with two attached hydrogens (primary N) is 1. The third-order valence-electron chi connectivity index (χ3n) is 4.34. The van der Waals surface area contributed by atoms with Gasteiger partial charge in [0, 0.05) is 17.9 Å². The minimum atomic E-state index is -0.798. The standard InChI is InChI=1S/C19H15F2N5O/c20-12-2-1-3-13(21)17(12)15-9-16(18(19(22)27)26-25-15)24-11-4-5-14-10(8-11)6-7-23-14/h1-5,8-9,23H,6-7H2,(H2,22,27)(H,24,25). The number of anilines is 3. The van der Waals surface area contributed by atoms with Crippen molar-refractivity contribution < 1.29 is 13.6 Å². The first-order valence-electron chi connectivity index (χ1n) is 8.28. The Morgan fingerprint density at radius 3 is 2.63 bits per heavy atom. The van der Waals surface area contributed by atoms with Crippen molar-refractivity contribution in [3.8, 4) is 11.3 Å². The first kappa shape index (κ1) is 16.9. The van der Waals surface area contributed by atoms with E-state index < -0.39 is 17.5 Å². The average Bonchev–Trinajstić information content (AvgIpc) is 3.09. The van der Waals surface area contributed by atoms with Gasteiger partial charge in [0.15, 0.2) is 5.69 Å². The van der Waals surface area contributed by atoms with E-state index in [2.05, 4.69) is 20.8 Å². The number of carbonyl (C=O) groups is 1. The van der Waals surface area contributed by atoms with Crippen LogP contribution in [0.5, 0.6) is 0 Å². The third-order valence-corrected chi connectivity index (χ3v) is 4.34. The lowest BCUT2D eigenvalue weighted by atomic mass is 10.1. The molecule has 0 aliphatic carbocycles. The summed E-state index contributed by atoms with van der Waals surface area (Å²) in [6.07, 6.45) is 0.883. The molecule has 136 valence electrons. The number of nitrogens with one attached hydrogen (secondary N) is 2. The molecule has 27 heavy (non-hydrogen) atoms. The normalized spacial score (nSPS) is 12.4. The molecule has 0 saturated heterocycles. The van der Waals surface area contributed by atoms with Crippen LogP contribution in [0.2, 0.25) is 0 Å². The zero-order valence-corrected chi connectivity index (χ0v) is 14.1. The zero-order chi connectivity index (χ0) is 19.0. The summed E-state index contributed by atoms with van der Waals surface area (Å²) < 4.78 is 28.2. The highest BCUT2D eigenvalue weighted by Gasteiger charge is 2.19. The monoisotopic (exact) mass is 367 g/mol. The lowest BCUT2D eigenvalue weighted by Gasteiger charge is -2.12. The van der Waals surface area contributed by atoms with Gasteiger partial charge in [-0.3, -0.25) is 4.79 Å². The van der Waals surface area contributed by atoms with Crippen LogP contribution >= 0.6 is 0 Å². The summed E-state index contributed by atoms with van der Waals surface area (Å²) in [5.74, 6) is -2.34. The Labute approximate surface area is 153 Å². The van der Waals surface area contributed by atoms with Gasteiger partial charge >= 0.3 is 0 Å². The molecule has 0 radical (unpaired) electrons. The highest BCUT2D eigenvalue weighted by atomic mass is 19.1. The summed E-state index contributed by atoms with van der Waals surface area (Å²) in [6.45, 7) is 0.860. The Hall–Kier alpha value is -3.55. The fourth-order valence-corrected chi connectivity index (χ4v) is 3.07. The van der Waals surface area contributed by atoms with Crippen LogP contribution in [0.15, 0.2) is 42.5 Å². The topological polar surface area (TPSA) is 92.9 Å². The molecule has 1 amide bonds. The van der Waals surface area contributed by atoms with Gasteiger partial charge in [0.05, 0.1) is 11.3 Å². The number of rotatable bonds is 4. The van der Waals surface area contributed by atoms with Crippen LogP contribution in [0.25, 0.3) is 11.3 Å². The predicted molar refractivity (Wildman–Crippen MR) is 97.8 cm³/mol. The van der Waals surface area contributed by atoms with E-state index in [1.807, 2.05) is 18.2 Å². The molecule has 0 fully saturated rings. The molecule has 0 unspecified atom stereocenters. The molecular weight excluding hydrogens is 352 g/mol. The number of primary amides is 1. The second-order valence-electron chi connectivity index (χ2n) is 6.13. The second kappa shape index (κ2) is 6.64. The molecule has 0 saturated carbocycles. The van der Waals surface area contributed by atoms with Gasteiger partial charge in [-0.05, 0) is 48.4 Å². The van der Waals surface area contributed by atoms with Gasteiger partial charge < -0.3 is 16.4 Å². The van der Waals surface area contributed by atoms with E-state index in [-0.39, 0.29) is 22.6 Å². The number of nitrogens with zero attached hydrogens (tertiary/aromatic N) is 2. The fourth-order valence-electron chi connectivity index (χ4n) is 3.07. The van der Waals surface area contributed by atoms with Gasteiger partial charge in [-0.15, -0.1) is 10.2 Å². The van der Waals surface area contributed by atoms with Gasteiger partial charge in [0.25, 0.3) is 5.91 Å². The minimum absolute atomic E-state index is 0.0408. The first-order chi connectivity index (χ1) is 13.0. The average molecular weight is 367 g/mol. The number of halogens is 2. The third kappa shape index (κ3) is 3.17. The van der Waals surface area contributed by atoms with Crippen molar-refractivity contribution in [3.05, 3.63) is 65.4 Å². The lowest BCUT2D eigenvalue weighted by molar-refractivity contribution is 0.0995. The zero-order valence-electron chi connectivity index (χ0n) is 14.1. The number of carbonyl (C=O) groups excluding carboxylic acids is 1. The fraction of sp³-hybridized carbons (Fsp3) is 0.105. The summed E-state index contributed by atoms with van der Waals surface area (Å²) in [5, 5.41) is 13.9. The number of benzene rings is 2. The van der Waals surface area contributed by atoms with Crippen molar-refractivity contribution in [2.45, 2.75) is 6.42 Å². The van der Waals surface area contributed by atoms with Crippen LogP contribution in [0.3, 0.4) is 0 Å². The molecule has 4 N–H and O–H groups in total. The highest BCUT2D eigenvalue weighted by molar-refractivity contribution is 5.97. The highest BCUT2D eigenvalue weighted by Crippen LogP contribution is 2.30. The predicted octanol–water partition coefficient (Wildman–Crippen LogP) is 3.23. The van der Waals surface area contributed by atoms with Gasteiger partial charge in [-0.25, -0.2) is 8.78 Å². The van der Waals surface area contributed by atoms with Crippen molar-refractivity contribution in [1.29, 1.82) is 0 Å². The molecule has 1 aromatic heterocycles. The van der Waals surface area contributed by atoms with Crippen LogP contribution in [-0.2, 0) is 6.42 Å². The van der Waals surface area contributed by atoms with Crippen molar-refractivity contribution in [2.75, 3.05) is 17.2 Å². The summed E-state index contributed by atoms with van der Waals surface area (Å²) in [6, 6.07) is 10.6. The largest absolute Gasteiger partial charge is 0.384 e. The molecule has 2 heterocycles. The van der Waals surface area contributed by atoms with Crippen LogP contribution in [0, 0.1) is 11.6 Å². The van der Waals surface area contributed by atoms with Crippen LogP contribution in [0.4, 0.5) is 25.8 Å². The van der Waals surface area contributed by atoms with E-state index in [4.69, 9.17) is 5.73 Å². The van der Waals surface area contributed by atoms with Gasteiger partial charge in [0.2, 0.25) is 0 Å². The first-order valence-corrected chi connectivity index (χ1v) is 8.28. The van der Waals surface area contributed by atoms with Crippen LogP contribution < -0.4 is 16.4 Å². The summed E-state index contributed by atoms with van der Waals surface area (Å²) in [7, 11) is 0. The smallest absolute Gasteiger partial charge is 0.271 e. The molecule has 0 spiro atoms. The van der Waals surface area contributed by atoms with E-state index in [1.165, 1.54) is 12.1 Å². The van der Waals surface area contributed by atoms with Crippen molar-refractivity contribution in [2.24, 2.45) is 5.73 Å². The van der Waals surface area contributed by atoms with E-state index >= 15 is 0 Å². The van der Waals surface area contributed by atoms with Crippen molar-refractivity contribution >= 4 is 23.0 Å². The molecule has 6 nitrogen and oxygen atoms in total. The van der Waals surface area contributed by atoms with Gasteiger partial charge in [0.1, 0.15) is 17.3 Å². The maximum atomic E-state index is 14.1. The lowest BCUT2D eigenvalue weighted by Crippen LogP contribution is -2.16. The van der Waals surface area contributed by atoms with Gasteiger partial charge in [-0.2, -0.15) is 0 Å². The number of hydrogen-bond donors (Lipinski definition) is 3. The SMILES string of the molecule is NC(=O)c1nnc(-c2c(F)cccc2F)cc1Nc1ccc2c(c1)CCN2. The molecule has 8 heteroatoms. The van der Waals surface area contributed by atoms with E-state index in [0.717, 1.165) is 36.3 Å². The summed E-state index contributed by atoms with van der Waals surface area (Å²) in [4.78, 5) is 11.7. The number of hydrogen-bond acceptors (Lipinski definition) is 5. The molecule has 0 bridgehead atoms. The van der Waals surface area contributed by atoms with Crippen molar-refractivity contribution in [1.82, 2.24) is 10.2 Å². The molecule has 3 aromatic rings. The van der Waals surface area contributed by atoms with Gasteiger partial charge in [-0.1, -0.05) is 6.07 Å². The molecule has 4 rings (SSSR count). The Balaban J connectivity index is 1.77. The maximum absolute atomic E-state index is 14.1. The molecule has 1 aliphatic rings. The quantitative estimate of drug-likeness (QED) is 0.658. The number of amides is 1. The Bertz CT molecular complexity index is 1030. The van der Waals surface area contributed by atoms with E-state index in [9.17, 15) is 13.6 Å². The summed E-state index contributed by atoms with van der Waals surface area (Å²) in [5.41, 5.74) is 8.00. The van der Waals surface area contributed by atoms with Crippen molar-refractivity contribution in [3.63, 3.8) is 0 Å². The Morgan fingerprint density at radius 1 is 1.11 bits per heavy atom. The van der Waals surface area contributed by atoms with Crippen LogP contribution in [-0.4, -0.2) is 22.6 Å².